The van der Waals surface area contributed by atoms with E-state index in [4.69, 9.17) is 0 Å². The van der Waals surface area contributed by atoms with Crippen LogP contribution in [-0.2, 0) is 0 Å². The molecular weight excluding hydrogens is 288 g/mol. The van der Waals surface area contributed by atoms with Gasteiger partial charge in [-0.2, -0.15) is 5.10 Å². The zero-order chi connectivity index (χ0) is 16.2. The van der Waals surface area contributed by atoms with Crippen LogP contribution in [0.25, 0.3) is 0 Å². The van der Waals surface area contributed by atoms with Gasteiger partial charge in [0.25, 0.3) is 5.91 Å². The Labute approximate surface area is 134 Å². The number of aromatic nitrogens is 3. The number of carbonyl (C=O) groups excluding carboxylic acids is 1. The number of carbonyl (C=O) groups is 1. The molecule has 3 rings (SSSR count). The van der Waals surface area contributed by atoms with Gasteiger partial charge in [0.05, 0.1) is 6.04 Å². The van der Waals surface area contributed by atoms with E-state index in [2.05, 4.69) is 20.5 Å². The van der Waals surface area contributed by atoms with Gasteiger partial charge in [-0.3, -0.25) is 14.9 Å². The fraction of sp³-hybridized carbons (Fsp3) is 0.167. The number of H-pyrrole nitrogens is 1. The Morgan fingerprint density at radius 1 is 1.04 bits per heavy atom. The van der Waals surface area contributed by atoms with Gasteiger partial charge in [0, 0.05) is 18.1 Å². The van der Waals surface area contributed by atoms with Crippen molar-refractivity contribution in [3.63, 3.8) is 0 Å². The lowest BCUT2D eigenvalue weighted by molar-refractivity contribution is 0.0938. The van der Waals surface area contributed by atoms with Crippen LogP contribution in [0.2, 0.25) is 0 Å². The quantitative estimate of drug-likeness (QED) is 0.778. The minimum atomic E-state index is -0.247. The van der Waals surface area contributed by atoms with Crippen LogP contribution in [0.15, 0.2) is 54.9 Å². The maximum atomic E-state index is 12.5. The molecule has 1 amide bonds. The number of hydrogen-bond donors (Lipinski definition) is 2. The maximum absolute atomic E-state index is 12.5. The standard InChI is InChI=1S/C18H18N4O/c1-12-3-5-14(6-4-12)17(15-7-9-19-10-8-15)20-18(23)16-11-13(2)21-22-16/h3-11,17H,1-2H3,(H,20,23)(H,21,22). The summed E-state index contributed by atoms with van der Waals surface area (Å²) in [4.78, 5) is 16.5. The first-order chi connectivity index (χ1) is 11.1. The van der Waals surface area contributed by atoms with Crippen LogP contribution < -0.4 is 5.32 Å². The van der Waals surface area contributed by atoms with Gasteiger partial charge in [-0.15, -0.1) is 0 Å². The molecule has 2 aromatic heterocycles. The van der Waals surface area contributed by atoms with Crippen LogP contribution in [0.4, 0.5) is 0 Å². The Morgan fingerprint density at radius 2 is 1.70 bits per heavy atom. The van der Waals surface area contributed by atoms with E-state index < -0.39 is 0 Å². The van der Waals surface area contributed by atoms with E-state index >= 15 is 0 Å². The molecule has 23 heavy (non-hydrogen) atoms. The number of aromatic amines is 1. The molecule has 0 aliphatic heterocycles. The van der Waals surface area contributed by atoms with Gasteiger partial charge < -0.3 is 5.32 Å². The van der Waals surface area contributed by atoms with E-state index in [1.54, 1.807) is 18.5 Å². The van der Waals surface area contributed by atoms with Crippen LogP contribution in [0, 0.1) is 13.8 Å². The molecule has 5 nitrogen and oxygen atoms in total. The Bertz CT molecular complexity index is 793. The third kappa shape index (κ3) is 3.45. The number of pyridine rings is 1. The summed E-state index contributed by atoms with van der Waals surface area (Å²) in [5.74, 6) is -0.211. The Hall–Kier alpha value is -2.95. The van der Waals surface area contributed by atoms with Crippen molar-refractivity contribution in [2.45, 2.75) is 19.9 Å². The number of nitrogens with one attached hydrogen (secondary N) is 2. The van der Waals surface area contributed by atoms with Crippen LogP contribution in [0.5, 0.6) is 0 Å². The van der Waals surface area contributed by atoms with Gasteiger partial charge >= 0.3 is 0 Å². The van der Waals surface area contributed by atoms with Gasteiger partial charge in [-0.05, 0) is 43.2 Å². The van der Waals surface area contributed by atoms with Gasteiger partial charge in [0.2, 0.25) is 0 Å². The molecule has 0 bridgehead atoms. The van der Waals surface area contributed by atoms with Crippen LogP contribution in [0.1, 0.15) is 38.9 Å². The molecule has 0 aliphatic rings. The summed E-state index contributed by atoms with van der Waals surface area (Å²) in [6.07, 6.45) is 3.45. The van der Waals surface area contributed by atoms with Gasteiger partial charge in [0.1, 0.15) is 5.69 Å². The highest BCUT2D eigenvalue weighted by Gasteiger charge is 2.19. The van der Waals surface area contributed by atoms with E-state index in [1.165, 1.54) is 5.56 Å². The molecule has 0 spiro atoms. The molecule has 2 N–H and O–H groups in total. The molecule has 5 heteroatoms. The lowest BCUT2D eigenvalue weighted by Crippen LogP contribution is -2.29. The highest BCUT2D eigenvalue weighted by atomic mass is 16.2. The van der Waals surface area contributed by atoms with Crippen molar-refractivity contribution in [3.05, 3.63) is 82.9 Å². The number of benzene rings is 1. The SMILES string of the molecule is Cc1ccc(C(NC(=O)c2cc(C)[nH]n2)c2ccncc2)cc1. The van der Waals surface area contributed by atoms with Crippen molar-refractivity contribution < 1.29 is 4.79 Å². The number of rotatable bonds is 4. The Balaban J connectivity index is 1.92. The Kier molecular flexibility index (Phi) is 4.19. The highest BCUT2D eigenvalue weighted by molar-refractivity contribution is 5.92. The van der Waals surface area contributed by atoms with Crippen molar-refractivity contribution in [1.29, 1.82) is 0 Å². The first kappa shape index (κ1) is 15.0. The van der Waals surface area contributed by atoms with E-state index in [1.807, 2.05) is 50.2 Å². The molecule has 2 heterocycles. The zero-order valence-corrected chi connectivity index (χ0v) is 13.1. The molecule has 0 radical (unpaired) electrons. The van der Waals surface area contributed by atoms with E-state index in [9.17, 15) is 4.79 Å². The molecule has 0 aliphatic carbocycles. The average Bonchev–Trinajstić information content (AvgIpc) is 3.01. The van der Waals surface area contributed by atoms with Crippen molar-refractivity contribution in [2.24, 2.45) is 0 Å². The third-order valence-corrected chi connectivity index (χ3v) is 3.66. The molecule has 0 saturated carbocycles. The smallest absolute Gasteiger partial charge is 0.272 e. The van der Waals surface area contributed by atoms with Crippen molar-refractivity contribution in [3.8, 4) is 0 Å². The van der Waals surface area contributed by atoms with Crippen molar-refractivity contribution in [1.82, 2.24) is 20.5 Å². The average molecular weight is 306 g/mol. The molecule has 116 valence electrons. The largest absolute Gasteiger partial charge is 0.340 e. The van der Waals surface area contributed by atoms with E-state index in [0.29, 0.717) is 5.69 Å². The number of aryl methyl sites for hydroxylation is 2. The first-order valence-corrected chi connectivity index (χ1v) is 7.43. The van der Waals surface area contributed by atoms with Crippen LogP contribution in [0.3, 0.4) is 0 Å². The summed E-state index contributed by atoms with van der Waals surface area (Å²) in [6.45, 7) is 3.90. The first-order valence-electron chi connectivity index (χ1n) is 7.43. The van der Waals surface area contributed by atoms with Gasteiger partial charge in [-0.1, -0.05) is 29.8 Å². The molecular formula is C18H18N4O. The van der Waals surface area contributed by atoms with Crippen molar-refractivity contribution in [2.75, 3.05) is 0 Å². The summed E-state index contributed by atoms with van der Waals surface area (Å²) in [5.41, 5.74) is 4.41. The van der Waals surface area contributed by atoms with Crippen LogP contribution in [-0.4, -0.2) is 21.1 Å². The summed E-state index contributed by atoms with van der Waals surface area (Å²) < 4.78 is 0. The summed E-state index contributed by atoms with van der Waals surface area (Å²) in [6, 6.07) is 13.4. The second-order valence-corrected chi connectivity index (χ2v) is 5.53. The predicted octanol–water partition coefficient (Wildman–Crippen LogP) is 2.94. The minimum absolute atomic E-state index is 0.211. The number of nitrogens with zero attached hydrogens (tertiary/aromatic N) is 2. The zero-order valence-electron chi connectivity index (χ0n) is 13.1. The molecule has 0 saturated heterocycles. The second-order valence-electron chi connectivity index (χ2n) is 5.53. The summed E-state index contributed by atoms with van der Waals surface area (Å²) in [7, 11) is 0. The molecule has 1 atom stereocenters. The maximum Gasteiger partial charge on any atom is 0.272 e. The predicted molar refractivity (Wildman–Crippen MR) is 88.0 cm³/mol. The fourth-order valence-electron chi connectivity index (χ4n) is 2.41. The number of amides is 1. The Morgan fingerprint density at radius 3 is 2.30 bits per heavy atom. The lowest BCUT2D eigenvalue weighted by atomic mass is 9.98. The molecule has 1 aromatic carbocycles. The van der Waals surface area contributed by atoms with Gasteiger partial charge in [0.15, 0.2) is 0 Å². The second kappa shape index (κ2) is 6.44. The van der Waals surface area contributed by atoms with Crippen molar-refractivity contribution >= 4 is 5.91 Å². The fourth-order valence-corrected chi connectivity index (χ4v) is 2.41. The topological polar surface area (TPSA) is 70.7 Å². The normalized spacial score (nSPS) is 11.9. The van der Waals surface area contributed by atoms with Gasteiger partial charge in [-0.25, -0.2) is 0 Å². The summed E-state index contributed by atoms with van der Waals surface area (Å²) in [5, 5.41) is 9.86. The number of hydrogen-bond acceptors (Lipinski definition) is 3. The van der Waals surface area contributed by atoms with Crippen LogP contribution >= 0.6 is 0 Å². The molecule has 1 unspecified atom stereocenters. The third-order valence-electron chi connectivity index (χ3n) is 3.66. The monoisotopic (exact) mass is 306 g/mol. The molecule has 3 aromatic rings. The molecule has 0 fully saturated rings. The minimum Gasteiger partial charge on any atom is -0.340 e. The van der Waals surface area contributed by atoms with E-state index in [-0.39, 0.29) is 11.9 Å². The lowest BCUT2D eigenvalue weighted by Gasteiger charge is -2.19. The summed E-state index contributed by atoms with van der Waals surface area (Å²) >= 11 is 0. The van der Waals surface area contributed by atoms with E-state index in [0.717, 1.165) is 16.8 Å². The highest BCUT2D eigenvalue weighted by Crippen LogP contribution is 2.22.